The van der Waals surface area contributed by atoms with Gasteiger partial charge in [-0.05, 0) is 43.7 Å². The molecule has 1 fully saturated rings. The first-order valence-corrected chi connectivity index (χ1v) is 9.76. The molecule has 0 radical (unpaired) electrons. The van der Waals surface area contributed by atoms with E-state index in [9.17, 15) is 26.3 Å². The van der Waals surface area contributed by atoms with Crippen molar-refractivity contribution < 1.29 is 26.3 Å². The van der Waals surface area contributed by atoms with Crippen molar-refractivity contribution in [1.29, 1.82) is 0 Å². The molecule has 2 heterocycles. The van der Waals surface area contributed by atoms with E-state index in [2.05, 4.69) is 20.8 Å². The first-order chi connectivity index (χ1) is 13.6. The first-order valence-electron chi connectivity index (χ1n) is 8.68. The number of rotatable bonds is 5. The van der Waals surface area contributed by atoms with Gasteiger partial charge in [-0.15, -0.1) is 10.2 Å². The number of aryl methyl sites for hydroxylation is 1. The van der Waals surface area contributed by atoms with Crippen molar-refractivity contribution >= 4 is 22.8 Å². The lowest BCUT2D eigenvalue weighted by atomic mass is 10.0. The van der Waals surface area contributed by atoms with Crippen molar-refractivity contribution in [2.24, 2.45) is 0 Å². The van der Waals surface area contributed by atoms with Gasteiger partial charge in [-0.3, -0.25) is 4.21 Å². The molecule has 2 aromatic rings. The molecule has 3 atom stereocenters. The van der Waals surface area contributed by atoms with Crippen LogP contribution in [0.1, 0.15) is 17.5 Å². The Hall–Kier alpha value is -2.31. The van der Waals surface area contributed by atoms with Crippen LogP contribution >= 0.6 is 0 Å². The minimum Gasteiger partial charge on any atom is -0.755 e. The van der Waals surface area contributed by atoms with Crippen molar-refractivity contribution in [2.75, 3.05) is 23.1 Å². The minimum atomic E-state index is -4.63. The highest BCUT2D eigenvalue weighted by Crippen LogP contribution is 2.36. The monoisotopic (exact) mass is 432 g/mol. The minimum absolute atomic E-state index is 0.132. The summed E-state index contributed by atoms with van der Waals surface area (Å²) in [6, 6.07) is 3.71. The van der Waals surface area contributed by atoms with Crippen molar-refractivity contribution in [2.45, 2.75) is 31.7 Å². The van der Waals surface area contributed by atoms with Crippen LogP contribution in [0, 0.1) is 6.92 Å². The molecule has 0 spiro atoms. The highest BCUT2D eigenvalue weighted by Gasteiger charge is 2.31. The van der Waals surface area contributed by atoms with E-state index in [0.717, 1.165) is 12.1 Å². The van der Waals surface area contributed by atoms with Crippen LogP contribution in [0.3, 0.4) is 0 Å². The summed E-state index contributed by atoms with van der Waals surface area (Å²) >= 11 is -2.83. The Labute approximate surface area is 166 Å². The third-order valence-electron chi connectivity index (χ3n) is 4.52. The molecule has 7 nitrogen and oxygen atoms in total. The zero-order valence-electron chi connectivity index (χ0n) is 15.2. The van der Waals surface area contributed by atoms with E-state index in [1.807, 2.05) is 4.72 Å². The molecule has 158 valence electrons. The first kappa shape index (κ1) is 21.4. The molecule has 0 saturated carbocycles. The summed E-state index contributed by atoms with van der Waals surface area (Å²) in [5.74, 6) is 0.346. The molecule has 0 aliphatic carbocycles. The number of anilines is 2. The third-order valence-corrected chi connectivity index (χ3v) is 4.91. The lowest BCUT2D eigenvalue weighted by molar-refractivity contribution is -0.137. The second-order valence-corrected chi connectivity index (χ2v) is 7.29. The maximum atomic E-state index is 14.0. The molecule has 12 heteroatoms. The normalized spacial score (nSPS) is 20.9. The van der Waals surface area contributed by atoms with E-state index in [0.29, 0.717) is 37.0 Å². The molecule has 1 saturated heterocycles. The maximum absolute atomic E-state index is 14.0. The maximum Gasteiger partial charge on any atom is 0.416 e. The van der Waals surface area contributed by atoms with Gasteiger partial charge in [0.15, 0.2) is 5.82 Å². The van der Waals surface area contributed by atoms with E-state index in [4.69, 9.17) is 0 Å². The van der Waals surface area contributed by atoms with Gasteiger partial charge in [-0.1, -0.05) is 6.07 Å². The number of hydrogen-bond donors (Lipinski definition) is 3. The van der Waals surface area contributed by atoms with Gasteiger partial charge in [-0.2, -0.15) is 13.2 Å². The van der Waals surface area contributed by atoms with Crippen LogP contribution in [0.2, 0.25) is 0 Å². The third kappa shape index (κ3) is 5.19. The predicted octanol–water partition coefficient (Wildman–Crippen LogP) is 2.79. The number of nitrogens with zero attached hydrogens (tertiary/aromatic N) is 2. The molecule has 3 unspecified atom stereocenters. The Balaban J connectivity index is 1.91. The Bertz CT molecular complexity index is 912. The van der Waals surface area contributed by atoms with Crippen LogP contribution in [0.25, 0.3) is 11.3 Å². The standard InChI is InChI=1S/C17H19F4N5O2S/c1-9-6-13(24-25-16(9)23-15-8-22-5-4-12(15)18)11-3-2-10(17(19,20)21)7-14(11)26-29(27)28/h2-3,6-7,12,15,22,26H,4-5,8H2,1H3,(H,23,25)(H,27,28)/p-1. The van der Waals surface area contributed by atoms with Gasteiger partial charge in [0.2, 0.25) is 0 Å². The topological polar surface area (TPSA) is 102 Å². The van der Waals surface area contributed by atoms with Crippen molar-refractivity contribution in [3.05, 3.63) is 35.4 Å². The zero-order valence-corrected chi connectivity index (χ0v) is 16.0. The van der Waals surface area contributed by atoms with Crippen molar-refractivity contribution in [3.8, 4) is 11.3 Å². The van der Waals surface area contributed by atoms with Gasteiger partial charge < -0.3 is 19.9 Å². The Morgan fingerprint density at radius 2 is 2.03 bits per heavy atom. The summed E-state index contributed by atoms with van der Waals surface area (Å²) in [6.45, 7) is 2.70. The molecule has 0 bridgehead atoms. The molecular weight excluding hydrogens is 414 g/mol. The fraction of sp³-hybridized carbons (Fsp3) is 0.412. The van der Waals surface area contributed by atoms with E-state index < -0.39 is 35.2 Å². The predicted molar refractivity (Wildman–Crippen MR) is 99.5 cm³/mol. The number of benzene rings is 1. The van der Waals surface area contributed by atoms with Gasteiger partial charge in [0.25, 0.3) is 0 Å². The lowest BCUT2D eigenvalue weighted by Crippen LogP contribution is -2.46. The van der Waals surface area contributed by atoms with Gasteiger partial charge >= 0.3 is 6.18 Å². The second kappa shape index (κ2) is 8.59. The average molecular weight is 432 g/mol. The van der Waals surface area contributed by atoms with E-state index in [1.165, 1.54) is 0 Å². The molecule has 0 amide bonds. The number of alkyl halides is 4. The molecule has 3 N–H and O–H groups in total. The molecular formula is C17H18F4N5O2S-. The summed E-state index contributed by atoms with van der Waals surface area (Å²) in [4.78, 5) is 0. The van der Waals surface area contributed by atoms with Gasteiger partial charge in [0.05, 0.1) is 23.0 Å². The Kier molecular flexibility index (Phi) is 6.34. The zero-order chi connectivity index (χ0) is 21.2. The van der Waals surface area contributed by atoms with Crippen LogP contribution in [0.4, 0.5) is 29.1 Å². The van der Waals surface area contributed by atoms with Crippen molar-refractivity contribution in [3.63, 3.8) is 0 Å². The summed E-state index contributed by atoms with van der Waals surface area (Å²) in [5.41, 5.74) is -0.388. The molecule has 1 aliphatic heterocycles. The van der Waals surface area contributed by atoms with Crippen LogP contribution in [-0.2, 0) is 17.4 Å². The van der Waals surface area contributed by atoms with E-state index in [1.54, 1.807) is 13.0 Å². The SMILES string of the molecule is Cc1cc(-c2ccc(C(F)(F)F)cc2NS(=O)[O-])nnc1NC1CNCCC1F. The quantitative estimate of drug-likeness (QED) is 0.496. The number of halogens is 4. The van der Waals surface area contributed by atoms with Gasteiger partial charge in [-0.25, -0.2) is 4.39 Å². The van der Waals surface area contributed by atoms with E-state index >= 15 is 0 Å². The highest BCUT2D eigenvalue weighted by molar-refractivity contribution is 7.80. The average Bonchev–Trinajstić information content (AvgIpc) is 2.64. The lowest BCUT2D eigenvalue weighted by Gasteiger charge is -2.28. The molecule has 1 aromatic carbocycles. The summed E-state index contributed by atoms with van der Waals surface area (Å²) in [7, 11) is 0. The summed E-state index contributed by atoms with van der Waals surface area (Å²) in [6.07, 6.45) is -5.31. The fourth-order valence-corrected chi connectivity index (χ4v) is 3.37. The Morgan fingerprint density at radius 1 is 1.28 bits per heavy atom. The van der Waals surface area contributed by atoms with Gasteiger partial charge in [0.1, 0.15) is 6.17 Å². The molecule has 29 heavy (non-hydrogen) atoms. The largest absolute Gasteiger partial charge is 0.755 e. The Morgan fingerprint density at radius 3 is 2.66 bits per heavy atom. The number of aromatic nitrogens is 2. The van der Waals surface area contributed by atoms with Gasteiger partial charge in [0, 0.05) is 23.4 Å². The fourth-order valence-electron chi connectivity index (χ4n) is 3.02. The number of piperidine rings is 1. The number of nitrogens with one attached hydrogen (secondary N) is 3. The molecule has 3 rings (SSSR count). The molecule has 1 aliphatic rings. The van der Waals surface area contributed by atoms with Crippen LogP contribution in [-0.4, -0.2) is 44.3 Å². The molecule has 1 aromatic heterocycles. The summed E-state index contributed by atoms with van der Waals surface area (Å²) in [5, 5.41) is 14.1. The van der Waals surface area contributed by atoms with Crippen molar-refractivity contribution in [1.82, 2.24) is 15.5 Å². The van der Waals surface area contributed by atoms with Crippen LogP contribution in [0.15, 0.2) is 24.3 Å². The summed E-state index contributed by atoms with van der Waals surface area (Å²) < 4.78 is 76.9. The second-order valence-electron chi connectivity index (χ2n) is 6.62. The van der Waals surface area contributed by atoms with Crippen LogP contribution in [0.5, 0.6) is 0 Å². The smallest absolute Gasteiger partial charge is 0.416 e. The highest BCUT2D eigenvalue weighted by atomic mass is 32.2. The number of hydrogen-bond acceptors (Lipinski definition) is 6. The van der Waals surface area contributed by atoms with Crippen LogP contribution < -0.4 is 15.4 Å². The van der Waals surface area contributed by atoms with E-state index in [-0.39, 0.29) is 16.9 Å².